The lowest BCUT2D eigenvalue weighted by molar-refractivity contribution is -0.119. The van der Waals surface area contributed by atoms with Gasteiger partial charge < -0.3 is 21.1 Å². The first-order valence-electron chi connectivity index (χ1n) is 10.8. The number of amides is 1. The molecule has 1 amide bonds. The summed E-state index contributed by atoms with van der Waals surface area (Å²) < 4.78 is 5.39. The van der Waals surface area contributed by atoms with Crippen molar-refractivity contribution >= 4 is 11.9 Å². The fourth-order valence-electron chi connectivity index (χ4n) is 3.40. The summed E-state index contributed by atoms with van der Waals surface area (Å²) in [6.45, 7) is 3.85. The summed E-state index contributed by atoms with van der Waals surface area (Å²) in [4.78, 5) is 15.7. The molecule has 0 aliphatic heterocycles. The summed E-state index contributed by atoms with van der Waals surface area (Å²) in [5, 5.41) is 6.80. The van der Waals surface area contributed by atoms with Gasteiger partial charge in [-0.1, -0.05) is 72.8 Å². The molecule has 0 aliphatic carbocycles. The first-order chi connectivity index (χ1) is 15.7. The Hall–Kier alpha value is -3.80. The Bertz CT molecular complexity index is 967. The predicted molar refractivity (Wildman–Crippen MR) is 129 cm³/mol. The summed E-state index contributed by atoms with van der Waals surface area (Å²) in [6.07, 6.45) is 0. The van der Waals surface area contributed by atoms with Crippen LogP contribution >= 0.6 is 0 Å². The van der Waals surface area contributed by atoms with E-state index in [9.17, 15) is 4.79 Å². The largest absolute Gasteiger partial charge is 0.484 e. The second-order valence-corrected chi connectivity index (χ2v) is 7.35. The second-order valence-electron chi connectivity index (χ2n) is 7.35. The van der Waals surface area contributed by atoms with Crippen molar-refractivity contribution in [2.75, 3.05) is 19.7 Å². The number of rotatable bonds is 10. The molecule has 6 nitrogen and oxygen atoms in total. The van der Waals surface area contributed by atoms with Gasteiger partial charge >= 0.3 is 0 Å². The van der Waals surface area contributed by atoms with Gasteiger partial charge in [-0.2, -0.15) is 0 Å². The van der Waals surface area contributed by atoms with Gasteiger partial charge in [0, 0.05) is 19.0 Å². The summed E-state index contributed by atoms with van der Waals surface area (Å²) >= 11 is 0. The Morgan fingerprint density at radius 1 is 0.938 bits per heavy atom. The molecule has 0 saturated carbocycles. The second kappa shape index (κ2) is 12.2. The number of nitrogens with two attached hydrogens (primary N) is 1. The Labute approximate surface area is 189 Å². The smallest absolute Gasteiger partial charge is 0.255 e. The van der Waals surface area contributed by atoms with E-state index in [1.165, 1.54) is 11.1 Å². The zero-order chi connectivity index (χ0) is 22.6. The lowest BCUT2D eigenvalue weighted by Crippen LogP contribution is -2.39. The third-order valence-corrected chi connectivity index (χ3v) is 4.92. The topological polar surface area (TPSA) is 88.7 Å². The SMILES string of the molecule is CCNC(=NCc1cccc(OCC(N)=O)c1)NCC(c1ccccc1)c1ccccc1. The van der Waals surface area contributed by atoms with Crippen molar-refractivity contribution in [3.63, 3.8) is 0 Å². The van der Waals surface area contributed by atoms with E-state index in [-0.39, 0.29) is 12.5 Å². The van der Waals surface area contributed by atoms with Crippen molar-refractivity contribution in [1.82, 2.24) is 10.6 Å². The van der Waals surface area contributed by atoms with Gasteiger partial charge in [-0.15, -0.1) is 0 Å². The third kappa shape index (κ3) is 7.16. The fourth-order valence-corrected chi connectivity index (χ4v) is 3.40. The lowest BCUT2D eigenvalue weighted by atomic mass is 9.91. The normalized spacial score (nSPS) is 11.2. The minimum Gasteiger partial charge on any atom is -0.484 e. The molecule has 0 fully saturated rings. The molecular weight excluding hydrogens is 400 g/mol. The molecule has 0 aliphatic rings. The molecule has 0 bridgehead atoms. The van der Waals surface area contributed by atoms with Gasteiger partial charge in [0.25, 0.3) is 5.91 Å². The molecule has 6 heteroatoms. The molecule has 0 saturated heterocycles. The van der Waals surface area contributed by atoms with Crippen molar-refractivity contribution in [2.45, 2.75) is 19.4 Å². The van der Waals surface area contributed by atoms with Crippen molar-refractivity contribution in [3.8, 4) is 5.75 Å². The highest BCUT2D eigenvalue weighted by molar-refractivity contribution is 5.80. The van der Waals surface area contributed by atoms with Gasteiger partial charge in [0.1, 0.15) is 5.75 Å². The molecule has 4 N–H and O–H groups in total. The van der Waals surface area contributed by atoms with E-state index < -0.39 is 5.91 Å². The number of nitrogens with one attached hydrogen (secondary N) is 2. The first-order valence-corrected chi connectivity index (χ1v) is 10.8. The van der Waals surface area contributed by atoms with Crippen molar-refractivity contribution in [2.24, 2.45) is 10.7 Å². The van der Waals surface area contributed by atoms with Crippen LogP contribution in [0.1, 0.15) is 29.5 Å². The standard InChI is InChI=1S/C26H30N4O2/c1-2-28-26(29-17-20-10-9-15-23(16-20)32-19-25(27)31)30-18-24(21-11-5-3-6-12-21)22-13-7-4-8-14-22/h3-16,24H,2,17-19H2,1H3,(H2,27,31)(H2,28,29,30). The number of hydrogen-bond donors (Lipinski definition) is 3. The number of hydrogen-bond acceptors (Lipinski definition) is 3. The maximum atomic E-state index is 10.9. The molecule has 32 heavy (non-hydrogen) atoms. The summed E-state index contributed by atoms with van der Waals surface area (Å²) in [5.74, 6) is 1.04. The van der Waals surface area contributed by atoms with Crippen molar-refractivity contribution in [3.05, 3.63) is 102 Å². The monoisotopic (exact) mass is 430 g/mol. The van der Waals surface area contributed by atoms with Crippen LogP contribution in [-0.2, 0) is 11.3 Å². The van der Waals surface area contributed by atoms with Crippen LogP contribution in [0, 0.1) is 0 Å². The van der Waals surface area contributed by atoms with Crippen molar-refractivity contribution < 1.29 is 9.53 Å². The molecule has 0 atom stereocenters. The van der Waals surface area contributed by atoms with Gasteiger partial charge in [0.2, 0.25) is 0 Å². The quantitative estimate of drug-likeness (QED) is 0.340. The van der Waals surface area contributed by atoms with Crippen LogP contribution < -0.4 is 21.1 Å². The summed E-state index contributed by atoms with van der Waals surface area (Å²) in [5.41, 5.74) is 8.63. The Morgan fingerprint density at radius 3 is 2.19 bits per heavy atom. The maximum absolute atomic E-state index is 10.9. The molecule has 166 valence electrons. The summed E-state index contributed by atoms with van der Waals surface area (Å²) in [7, 11) is 0. The van der Waals surface area contributed by atoms with Gasteiger partial charge in [-0.3, -0.25) is 4.79 Å². The van der Waals surface area contributed by atoms with Crippen LogP contribution in [0.3, 0.4) is 0 Å². The number of primary amides is 1. The fraction of sp³-hybridized carbons (Fsp3) is 0.231. The Balaban J connectivity index is 1.70. The average Bonchev–Trinajstić information content (AvgIpc) is 2.83. The molecule has 0 aromatic heterocycles. The molecule has 3 rings (SSSR count). The molecule has 3 aromatic rings. The van der Waals surface area contributed by atoms with Crippen LogP contribution in [0.15, 0.2) is 89.9 Å². The van der Waals surface area contributed by atoms with E-state index >= 15 is 0 Å². The van der Waals surface area contributed by atoms with Crippen LogP contribution in [0.5, 0.6) is 5.75 Å². The lowest BCUT2D eigenvalue weighted by Gasteiger charge is -2.20. The molecule has 0 radical (unpaired) electrons. The molecule has 0 spiro atoms. The van der Waals surface area contributed by atoms with Crippen LogP contribution in [0.4, 0.5) is 0 Å². The highest BCUT2D eigenvalue weighted by Crippen LogP contribution is 2.23. The van der Waals surface area contributed by atoms with Gasteiger partial charge in [-0.25, -0.2) is 4.99 Å². The van der Waals surface area contributed by atoms with Gasteiger partial charge in [-0.05, 0) is 35.7 Å². The molecule has 0 unspecified atom stereocenters. The van der Waals surface area contributed by atoms with Gasteiger partial charge in [0.05, 0.1) is 6.54 Å². The number of carbonyl (C=O) groups is 1. The molecule has 0 heterocycles. The number of ether oxygens (including phenoxy) is 1. The minimum absolute atomic E-state index is 0.142. The van der Waals surface area contributed by atoms with E-state index in [4.69, 9.17) is 15.5 Å². The van der Waals surface area contributed by atoms with E-state index in [0.717, 1.165) is 18.1 Å². The van der Waals surface area contributed by atoms with Crippen LogP contribution in [0.25, 0.3) is 0 Å². The maximum Gasteiger partial charge on any atom is 0.255 e. The number of benzene rings is 3. The predicted octanol–water partition coefficient (Wildman–Crippen LogP) is 3.44. The van der Waals surface area contributed by atoms with E-state index in [1.54, 1.807) is 6.07 Å². The zero-order valence-electron chi connectivity index (χ0n) is 18.3. The zero-order valence-corrected chi connectivity index (χ0v) is 18.3. The van der Waals surface area contributed by atoms with Crippen molar-refractivity contribution in [1.29, 1.82) is 0 Å². The molecule has 3 aromatic carbocycles. The van der Waals surface area contributed by atoms with E-state index in [2.05, 4.69) is 59.2 Å². The number of carbonyl (C=O) groups excluding carboxylic acids is 1. The number of guanidine groups is 1. The highest BCUT2D eigenvalue weighted by Gasteiger charge is 2.14. The average molecular weight is 431 g/mol. The third-order valence-electron chi connectivity index (χ3n) is 4.92. The van der Waals surface area contributed by atoms with Gasteiger partial charge in [0.15, 0.2) is 12.6 Å². The number of aliphatic imine (C=N–C) groups is 1. The number of nitrogens with zero attached hydrogens (tertiary/aromatic N) is 1. The highest BCUT2D eigenvalue weighted by atomic mass is 16.5. The summed E-state index contributed by atoms with van der Waals surface area (Å²) in [6, 6.07) is 28.5. The van der Waals surface area contributed by atoms with Crippen LogP contribution in [-0.4, -0.2) is 31.6 Å². The Morgan fingerprint density at radius 2 is 1.59 bits per heavy atom. The van der Waals surface area contributed by atoms with E-state index in [0.29, 0.717) is 18.8 Å². The van der Waals surface area contributed by atoms with Crippen LogP contribution in [0.2, 0.25) is 0 Å². The molecular formula is C26H30N4O2. The Kier molecular flexibility index (Phi) is 8.69. The minimum atomic E-state index is -0.501. The van der Waals surface area contributed by atoms with E-state index in [1.807, 2.05) is 37.3 Å². The first kappa shape index (κ1) is 22.9.